The van der Waals surface area contributed by atoms with Crippen molar-refractivity contribution in [2.45, 2.75) is 58.5 Å². The predicted molar refractivity (Wildman–Crippen MR) is 86.5 cm³/mol. The van der Waals surface area contributed by atoms with Gasteiger partial charge in [0.15, 0.2) is 0 Å². The van der Waals surface area contributed by atoms with Crippen molar-refractivity contribution in [2.24, 2.45) is 11.3 Å². The molecule has 3 nitrogen and oxygen atoms in total. The fraction of sp³-hybridized carbons (Fsp3) is 0.611. The van der Waals surface area contributed by atoms with Crippen LogP contribution >= 0.6 is 0 Å². The van der Waals surface area contributed by atoms with Gasteiger partial charge in [-0.05, 0) is 55.2 Å². The zero-order valence-corrected chi connectivity index (χ0v) is 13.3. The van der Waals surface area contributed by atoms with Crippen LogP contribution in [0.4, 0.5) is 5.69 Å². The maximum Gasteiger partial charge on any atom is 0.251 e. The Kier molecular flexibility index (Phi) is 3.68. The van der Waals surface area contributed by atoms with E-state index in [2.05, 4.69) is 37.5 Å². The van der Waals surface area contributed by atoms with Crippen molar-refractivity contribution in [3.63, 3.8) is 0 Å². The van der Waals surface area contributed by atoms with Crippen molar-refractivity contribution in [1.29, 1.82) is 0 Å². The summed E-state index contributed by atoms with van der Waals surface area (Å²) < 4.78 is 0. The Labute approximate surface area is 127 Å². The van der Waals surface area contributed by atoms with Gasteiger partial charge in [-0.3, -0.25) is 4.79 Å². The lowest BCUT2D eigenvalue weighted by Crippen LogP contribution is -2.26. The minimum Gasteiger partial charge on any atom is -0.382 e. The third-order valence-corrected chi connectivity index (χ3v) is 4.72. The van der Waals surface area contributed by atoms with Gasteiger partial charge in [-0.2, -0.15) is 0 Å². The largest absolute Gasteiger partial charge is 0.382 e. The van der Waals surface area contributed by atoms with Gasteiger partial charge < -0.3 is 10.6 Å². The number of nitrogens with one attached hydrogen (secondary N) is 2. The van der Waals surface area contributed by atoms with E-state index >= 15 is 0 Å². The first kappa shape index (κ1) is 14.4. The van der Waals surface area contributed by atoms with Crippen molar-refractivity contribution in [3.05, 3.63) is 29.8 Å². The summed E-state index contributed by atoms with van der Waals surface area (Å²) in [6, 6.07) is 8.81. The van der Waals surface area contributed by atoms with E-state index in [4.69, 9.17) is 0 Å². The number of hydrogen-bond donors (Lipinski definition) is 2. The van der Waals surface area contributed by atoms with Gasteiger partial charge in [0.2, 0.25) is 0 Å². The third kappa shape index (κ3) is 3.58. The first-order valence-corrected chi connectivity index (χ1v) is 8.10. The summed E-state index contributed by atoms with van der Waals surface area (Å²) in [5.41, 5.74) is 2.24. The highest BCUT2D eigenvalue weighted by Crippen LogP contribution is 2.42. The molecule has 2 atom stereocenters. The molecule has 0 aliphatic heterocycles. The van der Waals surface area contributed by atoms with Crippen molar-refractivity contribution < 1.29 is 4.79 Å². The predicted octanol–water partition coefficient (Wildman–Crippen LogP) is 3.82. The Morgan fingerprint density at radius 2 is 2.00 bits per heavy atom. The molecule has 0 saturated heterocycles. The van der Waals surface area contributed by atoms with Crippen LogP contribution in [0.2, 0.25) is 0 Å². The summed E-state index contributed by atoms with van der Waals surface area (Å²) in [5.74, 6) is 0.727. The van der Waals surface area contributed by atoms with Gasteiger partial charge in [-0.15, -0.1) is 0 Å². The Hall–Kier alpha value is -1.51. The molecule has 2 unspecified atom stereocenters. The molecule has 3 heteroatoms. The molecule has 114 valence electrons. The molecule has 1 amide bonds. The van der Waals surface area contributed by atoms with Gasteiger partial charge in [-0.1, -0.05) is 26.8 Å². The van der Waals surface area contributed by atoms with Crippen molar-refractivity contribution in [3.8, 4) is 0 Å². The number of carbonyl (C=O) groups excluding carboxylic acids is 1. The van der Waals surface area contributed by atoms with Crippen LogP contribution in [0.25, 0.3) is 0 Å². The molecule has 3 rings (SSSR count). The van der Waals surface area contributed by atoms with E-state index in [1.807, 2.05) is 18.2 Å². The average molecular weight is 286 g/mol. The third-order valence-electron chi connectivity index (χ3n) is 4.72. The number of anilines is 1. The molecule has 2 saturated carbocycles. The first-order chi connectivity index (χ1) is 9.93. The minimum absolute atomic E-state index is 0.0564. The highest BCUT2D eigenvalue weighted by atomic mass is 16.1. The van der Waals surface area contributed by atoms with Crippen molar-refractivity contribution >= 4 is 11.6 Å². The van der Waals surface area contributed by atoms with E-state index in [9.17, 15) is 4.79 Å². The second-order valence-electron chi connectivity index (χ2n) is 7.63. The van der Waals surface area contributed by atoms with Gasteiger partial charge >= 0.3 is 0 Å². The molecule has 0 bridgehead atoms. The lowest BCUT2D eigenvalue weighted by atomic mass is 9.91. The number of rotatable bonds is 4. The summed E-state index contributed by atoms with van der Waals surface area (Å²) in [6.45, 7) is 6.99. The average Bonchev–Trinajstić information content (AvgIpc) is 3.17. The lowest BCUT2D eigenvalue weighted by molar-refractivity contribution is 0.0951. The number of amides is 1. The van der Waals surface area contributed by atoms with Crippen LogP contribution in [0.5, 0.6) is 0 Å². The maximum atomic E-state index is 12.1. The standard InChI is InChI=1S/C18H26N2O/c1-12-10-18(2,3)11-16(12)19-15-6-4-5-13(9-15)17(21)20-14-7-8-14/h4-6,9,12,14,16,19H,7-8,10-11H2,1-3H3,(H,20,21). The smallest absolute Gasteiger partial charge is 0.251 e. The molecule has 0 spiro atoms. The quantitative estimate of drug-likeness (QED) is 0.883. The van der Waals surface area contributed by atoms with Gasteiger partial charge in [0.25, 0.3) is 5.91 Å². The van der Waals surface area contributed by atoms with Crippen LogP contribution in [-0.2, 0) is 0 Å². The van der Waals surface area contributed by atoms with Crippen LogP contribution in [-0.4, -0.2) is 18.0 Å². The van der Waals surface area contributed by atoms with Crippen LogP contribution < -0.4 is 10.6 Å². The van der Waals surface area contributed by atoms with E-state index in [0.717, 1.165) is 24.1 Å². The molecular weight excluding hydrogens is 260 g/mol. The number of benzene rings is 1. The normalized spacial score (nSPS) is 27.4. The Bertz CT molecular complexity index is 534. The molecule has 0 radical (unpaired) electrons. The van der Waals surface area contributed by atoms with Gasteiger partial charge in [0.1, 0.15) is 0 Å². The van der Waals surface area contributed by atoms with E-state index in [1.165, 1.54) is 12.8 Å². The highest BCUT2D eigenvalue weighted by molar-refractivity contribution is 5.95. The summed E-state index contributed by atoms with van der Waals surface area (Å²) in [7, 11) is 0. The van der Waals surface area contributed by atoms with Gasteiger partial charge in [0, 0.05) is 23.3 Å². The van der Waals surface area contributed by atoms with E-state index < -0.39 is 0 Å². The molecule has 21 heavy (non-hydrogen) atoms. The first-order valence-electron chi connectivity index (χ1n) is 8.10. The molecule has 1 aromatic carbocycles. The number of hydrogen-bond acceptors (Lipinski definition) is 2. The van der Waals surface area contributed by atoms with Gasteiger partial charge in [0.05, 0.1) is 0 Å². The maximum absolute atomic E-state index is 12.1. The molecule has 2 aliphatic rings. The van der Waals surface area contributed by atoms with Crippen LogP contribution in [0.3, 0.4) is 0 Å². The lowest BCUT2D eigenvalue weighted by Gasteiger charge is -2.20. The minimum atomic E-state index is 0.0564. The molecule has 2 fully saturated rings. The van der Waals surface area contributed by atoms with E-state index in [-0.39, 0.29) is 5.91 Å². The Morgan fingerprint density at radius 1 is 1.24 bits per heavy atom. The van der Waals surface area contributed by atoms with Crippen LogP contribution in [0.1, 0.15) is 56.8 Å². The van der Waals surface area contributed by atoms with Crippen molar-refractivity contribution in [2.75, 3.05) is 5.32 Å². The summed E-state index contributed by atoms with van der Waals surface area (Å²) in [4.78, 5) is 12.1. The molecule has 1 aromatic rings. The zero-order valence-electron chi connectivity index (χ0n) is 13.3. The second-order valence-corrected chi connectivity index (χ2v) is 7.63. The molecular formula is C18H26N2O. The zero-order chi connectivity index (χ0) is 15.0. The summed E-state index contributed by atoms with van der Waals surface area (Å²) in [5, 5.41) is 6.68. The molecule has 0 heterocycles. The van der Waals surface area contributed by atoms with Crippen molar-refractivity contribution in [1.82, 2.24) is 5.32 Å². The van der Waals surface area contributed by atoms with Gasteiger partial charge in [-0.25, -0.2) is 0 Å². The Balaban J connectivity index is 1.67. The monoisotopic (exact) mass is 286 g/mol. The molecule has 0 aromatic heterocycles. The summed E-state index contributed by atoms with van der Waals surface area (Å²) >= 11 is 0. The second kappa shape index (κ2) is 5.36. The number of carbonyl (C=O) groups is 1. The fourth-order valence-corrected chi connectivity index (χ4v) is 3.55. The fourth-order valence-electron chi connectivity index (χ4n) is 3.55. The summed E-state index contributed by atoms with van der Waals surface area (Å²) in [6.07, 6.45) is 4.69. The molecule has 2 N–H and O–H groups in total. The topological polar surface area (TPSA) is 41.1 Å². The molecule has 2 aliphatic carbocycles. The highest BCUT2D eigenvalue weighted by Gasteiger charge is 2.36. The van der Waals surface area contributed by atoms with Crippen LogP contribution in [0, 0.1) is 11.3 Å². The van der Waals surface area contributed by atoms with E-state index in [1.54, 1.807) is 0 Å². The van der Waals surface area contributed by atoms with Crippen LogP contribution in [0.15, 0.2) is 24.3 Å². The SMILES string of the molecule is CC1CC(C)(C)CC1Nc1cccc(C(=O)NC2CC2)c1. The van der Waals surface area contributed by atoms with E-state index in [0.29, 0.717) is 23.4 Å². The Morgan fingerprint density at radius 3 is 2.62 bits per heavy atom.